The van der Waals surface area contributed by atoms with Crippen LogP contribution in [0.1, 0.15) is 17.7 Å². The number of carbonyl (C=O) groups excluding carboxylic acids is 1. The molecule has 0 spiro atoms. The first-order valence-electron chi connectivity index (χ1n) is 11.8. The van der Waals surface area contributed by atoms with E-state index in [2.05, 4.69) is 25.5 Å². The van der Waals surface area contributed by atoms with Crippen molar-refractivity contribution in [1.82, 2.24) is 20.2 Å². The Labute approximate surface area is 217 Å². The number of aliphatic hydroxyl groups is 1. The first kappa shape index (κ1) is 25.2. The molecular formula is C25H27ClFN5O3S. The summed E-state index contributed by atoms with van der Waals surface area (Å²) in [5.74, 6) is 0.941. The van der Waals surface area contributed by atoms with Crippen LogP contribution in [0, 0.1) is 5.82 Å². The third-order valence-electron chi connectivity index (χ3n) is 6.61. The minimum absolute atomic E-state index is 0.0433. The third kappa shape index (κ3) is 5.42. The molecule has 11 heteroatoms. The van der Waals surface area contributed by atoms with Crippen molar-refractivity contribution in [2.45, 2.75) is 36.4 Å². The maximum absolute atomic E-state index is 14.5. The van der Waals surface area contributed by atoms with E-state index in [1.165, 1.54) is 31.1 Å². The predicted molar refractivity (Wildman–Crippen MR) is 138 cm³/mol. The molecule has 1 fully saturated rings. The zero-order chi connectivity index (χ0) is 25.2. The quantitative estimate of drug-likeness (QED) is 0.427. The summed E-state index contributed by atoms with van der Waals surface area (Å²) in [4.78, 5) is 23.5. The molecular weight excluding hydrogens is 505 g/mol. The van der Waals surface area contributed by atoms with Crippen LogP contribution in [-0.2, 0) is 17.8 Å². The molecule has 0 radical (unpaired) electrons. The van der Waals surface area contributed by atoms with Gasteiger partial charge >= 0.3 is 0 Å². The van der Waals surface area contributed by atoms with E-state index in [0.29, 0.717) is 53.8 Å². The molecule has 2 aliphatic heterocycles. The van der Waals surface area contributed by atoms with Crippen molar-refractivity contribution in [3.05, 3.63) is 52.6 Å². The second kappa shape index (κ2) is 10.9. The molecule has 2 aromatic heterocycles. The van der Waals surface area contributed by atoms with Crippen molar-refractivity contribution < 1.29 is 19.0 Å². The Morgan fingerprint density at radius 2 is 2.25 bits per heavy atom. The minimum Gasteiger partial charge on any atom is -0.497 e. The van der Waals surface area contributed by atoms with Gasteiger partial charge in [0.1, 0.15) is 17.1 Å². The van der Waals surface area contributed by atoms with Gasteiger partial charge in [-0.3, -0.25) is 9.78 Å². The summed E-state index contributed by atoms with van der Waals surface area (Å²) >= 11 is 7.92. The Balaban J connectivity index is 1.18. The number of thioether (sulfide) groups is 1. The van der Waals surface area contributed by atoms with E-state index in [1.807, 2.05) is 12.1 Å². The molecule has 1 saturated heterocycles. The van der Waals surface area contributed by atoms with E-state index in [4.69, 9.17) is 16.3 Å². The van der Waals surface area contributed by atoms with Gasteiger partial charge in [0.15, 0.2) is 5.82 Å². The average molecular weight is 532 g/mol. The number of pyridine rings is 2. The van der Waals surface area contributed by atoms with Crippen LogP contribution in [0.4, 0.5) is 10.2 Å². The fraction of sp³-hybridized carbons (Fsp3) is 0.400. The molecule has 190 valence electrons. The van der Waals surface area contributed by atoms with Crippen molar-refractivity contribution in [3.63, 3.8) is 0 Å². The van der Waals surface area contributed by atoms with Gasteiger partial charge in [-0.2, -0.15) is 0 Å². The number of piperidine rings is 1. The average Bonchev–Trinajstić information content (AvgIpc) is 2.87. The molecule has 2 atom stereocenters. The number of halogens is 2. The number of likely N-dealkylation sites (tertiary alicyclic amines) is 1. The van der Waals surface area contributed by atoms with E-state index in [9.17, 15) is 14.3 Å². The highest BCUT2D eigenvalue weighted by Gasteiger charge is 2.28. The van der Waals surface area contributed by atoms with Gasteiger partial charge in [-0.1, -0.05) is 11.6 Å². The Bertz CT molecular complexity index is 1300. The highest BCUT2D eigenvalue weighted by atomic mass is 35.5. The lowest BCUT2D eigenvalue weighted by Crippen LogP contribution is -2.52. The summed E-state index contributed by atoms with van der Waals surface area (Å²) in [5, 5.41) is 18.1. The van der Waals surface area contributed by atoms with Crippen molar-refractivity contribution >= 4 is 46.0 Å². The number of hydrogen-bond acceptors (Lipinski definition) is 8. The van der Waals surface area contributed by atoms with E-state index in [-0.39, 0.29) is 17.5 Å². The van der Waals surface area contributed by atoms with E-state index >= 15 is 0 Å². The van der Waals surface area contributed by atoms with E-state index in [0.717, 1.165) is 29.1 Å². The molecule has 0 saturated carbocycles. The summed E-state index contributed by atoms with van der Waals surface area (Å²) in [6.45, 7) is 2.49. The summed E-state index contributed by atoms with van der Waals surface area (Å²) < 4.78 is 19.7. The smallest absolute Gasteiger partial charge is 0.235 e. The molecule has 0 aliphatic carbocycles. The number of carbonyl (C=O) groups is 1. The van der Waals surface area contributed by atoms with E-state index < -0.39 is 11.9 Å². The molecule has 4 heterocycles. The number of benzene rings is 1. The number of rotatable bonds is 7. The highest BCUT2D eigenvalue weighted by molar-refractivity contribution is 8.00. The molecule has 2 aliphatic rings. The van der Waals surface area contributed by atoms with Gasteiger partial charge < -0.3 is 25.4 Å². The number of aliphatic hydroxyl groups excluding tert-OH is 1. The van der Waals surface area contributed by atoms with Crippen molar-refractivity contribution in [1.29, 1.82) is 0 Å². The maximum atomic E-state index is 14.5. The lowest BCUT2D eigenvalue weighted by Gasteiger charge is -2.36. The second-order valence-corrected chi connectivity index (χ2v) is 10.4. The number of hydrogen-bond donors (Lipinski definition) is 3. The molecule has 1 aromatic carbocycles. The topological polar surface area (TPSA) is 99.6 Å². The van der Waals surface area contributed by atoms with Crippen LogP contribution in [0.25, 0.3) is 10.9 Å². The van der Waals surface area contributed by atoms with Crippen molar-refractivity contribution in [2.24, 2.45) is 0 Å². The summed E-state index contributed by atoms with van der Waals surface area (Å²) in [6.07, 6.45) is 2.30. The number of fused-ring (bicyclic) bond motifs is 2. The third-order valence-corrected chi connectivity index (χ3v) is 7.99. The molecule has 1 amide bonds. The number of nitrogens with zero attached hydrogens (tertiary/aromatic N) is 3. The van der Waals surface area contributed by atoms with Gasteiger partial charge in [0.2, 0.25) is 5.91 Å². The standard InChI is InChI=1S/C25H27ClFN5O3S/c1-35-15-8-17-16(18(26)11-29-24(17)19(27)9-15)4-6-32-7-5-20(21(33)12-32)28-10-14-2-3-22-25(30-14)31-23(34)13-36-22/h2-3,8-9,11,20-21,28,33H,4-7,10,12-13H2,1H3,(H,30,31,34)/t20-,21-/m1/s1. The van der Waals surface area contributed by atoms with Crippen LogP contribution in [0.15, 0.2) is 35.4 Å². The van der Waals surface area contributed by atoms with Gasteiger partial charge in [0.05, 0.1) is 34.6 Å². The molecule has 8 nitrogen and oxygen atoms in total. The van der Waals surface area contributed by atoms with Crippen molar-refractivity contribution in [3.8, 4) is 5.75 Å². The Morgan fingerprint density at radius 1 is 1.39 bits per heavy atom. The van der Waals surface area contributed by atoms with Gasteiger partial charge in [-0.05, 0) is 43.1 Å². The molecule has 0 unspecified atom stereocenters. The van der Waals surface area contributed by atoms with Crippen LogP contribution in [0.2, 0.25) is 5.02 Å². The number of amides is 1. The number of aromatic nitrogens is 2. The lowest BCUT2D eigenvalue weighted by molar-refractivity contribution is -0.113. The minimum atomic E-state index is -0.547. The molecule has 3 aromatic rings. The number of ether oxygens (including phenoxy) is 1. The summed E-state index contributed by atoms with van der Waals surface area (Å²) in [5.41, 5.74) is 1.90. The monoisotopic (exact) mass is 531 g/mol. The number of methoxy groups -OCH3 is 1. The first-order chi connectivity index (χ1) is 17.4. The fourth-order valence-corrected chi connectivity index (χ4v) is 5.68. The Kier molecular flexibility index (Phi) is 7.59. The van der Waals surface area contributed by atoms with E-state index in [1.54, 1.807) is 6.07 Å². The van der Waals surface area contributed by atoms with Crippen LogP contribution < -0.4 is 15.4 Å². The largest absolute Gasteiger partial charge is 0.497 e. The Hall–Kier alpha value is -2.50. The summed E-state index contributed by atoms with van der Waals surface area (Å²) in [7, 11) is 1.50. The first-order valence-corrected chi connectivity index (χ1v) is 13.1. The number of β-amino-alcohol motifs (C(OH)–C–C–N with tert-alkyl or cyclic N) is 1. The zero-order valence-electron chi connectivity index (χ0n) is 19.8. The predicted octanol–water partition coefficient (Wildman–Crippen LogP) is 3.24. The van der Waals surface area contributed by atoms with Gasteiger partial charge in [-0.25, -0.2) is 9.37 Å². The van der Waals surface area contributed by atoms with Gasteiger partial charge in [0, 0.05) is 43.3 Å². The van der Waals surface area contributed by atoms with Crippen LogP contribution >= 0.6 is 23.4 Å². The number of anilines is 1. The second-order valence-electron chi connectivity index (χ2n) is 8.97. The van der Waals surface area contributed by atoms with Crippen molar-refractivity contribution in [2.75, 3.05) is 37.8 Å². The van der Waals surface area contributed by atoms with Crippen LogP contribution in [0.5, 0.6) is 5.75 Å². The van der Waals surface area contributed by atoms with Gasteiger partial charge in [-0.15, -0.1) is 11.8 Å². The SMILES string of the molecule is COc1cc(F)c2ncc(Cl)c(CCN3CC[C@@H](NCc4ccc5c(n4)NC(=O)CS5)[C@H](O)C3)c2c1. The Morgan fingerprint density at radius 3 is 3.06 bits per heavy atom. The molecule has 0 bridgehead atoms. The highest BCUT2D eigenvalue weighted by Crippen LogP contribution is 2.31. The fourth-order valence-electron chi connectivity index (χ4n) is 4.68. The zero-order valence-corrected chi connectivity index (χ0v) is 21.3. The summed E-state index contributed by atoms with van der Waals surface area (Å²) in [6, 6.07) is 6.93. The van der Waals surface area contributed by atoms with Gasteiger partial charge in [0.25, 0.3) is 0 Å². The molecule has 3 N–H and O–H groups in total. The number of nitrogens with one attached hydrogen (secondary N) is 2. The molecule has 5 rings (SSSR count). The van der Waals surface area contributed by atoms with Crippen LogP contribution in [-0.4, -0.2) is 70.5 Å². The lowest BCUT2D eigenvalue weighted by atomic mass is 10.00. The maximum Gasteiger partial charge on any atom is 0.235 e. The van der Waals surface area contributed by atoms with Crippen LogP contribution in [0.3, 0.4) is 0 Å². The normalized spacial score (nSPS) is 20.3. The molecule has 36 heavy (non-hydrogen) atoms.